The minimum Gasteiger partial charge on any atom is -0.488 e. The Kier molecular flexibility index (Phi) is 3.18. The highest BCUT2D eigenvalue weighted by atomic mass is 16.5. The van der Waals surface area contributed by atoms with E-state index in [1.165, 1.54) is 5.56 Å². The number of hydrogen-bond acceptors (Lipinski definition) is 3. The van der Waals surface area contributed by atoms with Crippen LogP contribution in [0.5, 0.6) is 5.75 Å². The van der Waals surface area contributed by atoms with E-state index in [1.807, 2.05) is 0 Å². The van der Waals surface area contributed by atoms with Crippen molar-refractivity contribution < 1.29 is 9.53 Å². The van der Waals surface area contributed by atoms with Gasteiger partial charge in [0.2, 0.25) is 6.08 Å². The van der Waals surface area contributed by atoms with Crippen molar-refractivity contribution in [3.8, 4) is 5.75 Å². The van der Waals surface area contributed by atoms with Crippen LogP contribution in [0.1, 0.15) is 57.1 Å². The molecule has 1 aliphatic carbocycles. The SMILES string of the molecule is CC1(C)CCc2ccc(C3(N=C=O)CCCC3)cc2O1. The highest BCUT2D eigenvalue weighted by molar-refractivity contribution is 5.45. The number of rotatable bonds is 2. The second-order valence-electron chi connectivity index (χ2n) is 6.63. The van der Waals surface area contributed by atoms with Crippen LogP contribution in [-0.2, 0) is 16.8 Å². The van der Waals surface area contributed by atoms with Gasteiger partial charge < -0.3 is 4.74 Å². The van der Waals surface area contributed by atoms with Crippen molar-refractivity contribution in [2.75, 3.05) is 0 Å². The predicted octanol–water partition coefficient (Wildman–Crippen LogP) is 3.90. The van der Waals surface area contributed by atoms with Crippen LogP contribution in [0.15, 0.2) is 23.2 Å². The van der Waals surface area contributed by atoms with E-state index in [-0.39, 0.29) is 11.1 Å². The molecule has 3 rings (SSSR count). The molecule has 0 saturated heterocycles. The molecule has 3 nitrogen and oxygen atoms in total. The molecule has 0 aromatic heterocycles. The van der Waals surface area contributed by atoms with Gasteiger partial charge in [-0.05, 0) is 56.7 Å². The number of nitrogens with zero attached hydrogens (tertiary/aromatic N) is 1. The van der Waals surface area contributed by atoms with Crippen LogP contribution in [0.4, 0.5) is 0 Å². The number of carbonyl (C=O) groups excluding carboxylic acids is 1. The van der Waals surface area contributed by atoms with Gasteiger partial charge in [-0.1, -0.05) is 25.0 Å². The molecule has 20 heavy (non-hydrogen) atoms. The maximum absolute atomic E-state index is 10.8. The van der Waals surface area contributed by atoms with Crippen LogP contribution < -0.4 is 4.74 Å². The number of isocyanates is 1. The van der Waals surface area contributed by atoms with Crippen molar-refractivity contribution in [2.24, 2.45) is 4.99 Å². The Morgan fingerprint density at radius 3 is 2.65 bits per heavy atom. The topological polar surface area (TPSA) is 38.7 Å². The van der Waals surface area contributed by atoms with Gasteiger partial charge in [-0.3, -0.25) is 0 Å². The first-order valence-corrected chi connectivity index (χ1v) is 7.46. The Morgan fingerprint density at radius 1 is 1.20 bits per heavy atom. The summed E-state index contributed by atoms with van der Waals surface area (Å²) in [6, 6.07) is 6.36. The van der Waals surface area contributed by atoms with Gasteiger partial charge in [0.05, 0.1) is 5.54 Å². The third-order valence-electron chi connectivity index (χ3n) is 4.68. The monoisotopic (exact) mass is 271 g/mol. The molecule has 1 aromatic carbocycles. The van der Waals surface area contributed by atoms with Gasteiger partial charge in [-0.25, -0.2) is 4.79 Å². The minimum atomic E-state index is -0.359. The summed E-state index contributed by atoms with van der Waals surface area (Å²) in [5.74, 6) is 0.964. The van der Waals surface area contributed by atoms with Crippen LogP contribution in [0.2, 0.25) is 0 Å². The molecule has 1 fully saturated rings. The molecule has 0 spiro atoms. The molecule has 0 radical (unpaired) electrons. The lowest BCUT2D eigenvalue weighted by atomic mass is 9.86. The van der Waals surface area contributed by atoms with Crippen LogP contribution in [-0.4, -0.2) is 11.7 Å². The highest BCUT2D eigenvalue weighted by Crippen LogP contribution is 2.44. The molecule has 0 bridgehead atoms. The predicted molar refractivity (Wildman–Crippen MR) is 77.7 cm³/mol. The summed E-state index contributed by atoms with van der Waals surface area (Å²) in [5.41, 5.74) is 1.90. The molecule has 0 amide bonds. The number of aliphatic imine (C=N–C) groups is 1. The van der Waals surface area contributed by atoms with Crippen molar-refractivity contribution in [3.05, 3.63) is 29.3 Å². The molecule has 3 heteroatoms. The molecule has 1 aliphatic heterocycles. The zero-order valence-electron chi connectivity index (χ0n) is 12.2. The molecule has 106 valence electrons. The lowest BCUT2D eigenvalue weighted by Gasteiger charge is -2.34. The minimum absolute atomic E-state index is 0.109. The van der Waals surface area contributed by atoms with Crippen LogP contribution in [0, 0.1) is 0 Å². The summed E-state index contributed by atoms with van der Waals surface area (Å²) in [5, 5.41) is 0. The Hall–Kier alpha value is -1.60. The first-order valence-electron chi connectivity index (χ1n) is 7.46. The molecule has 0 N–H and O–H groups in total. The van der Waals surface area contributed by atoms with Crippen molar-refractivity contribution in [1.82, 2.24) is 0 Å². The number of benzene rings is 1. The highest BCUT2D eigenvalue weighted by Gasteiger charge is 2.37. The Balaban J connectivity index is 2.01. The molecule has 1 saturated carbocycles. The average Bonchev–Trinajstić information content (AvgIpc) is 2.87. The summed E-state index contributed by atoms with van der Waals surface area (Å²) in [4.78, 5) is 15.0. The fourth-order valence-electron chi connectivity index (χ4n) is 3.44. The lowest BCUT2D eigenvalue weighted by Crippen LogP contribution is -2.33. The molecular weight excluding hydrogens is 250 g/mol. The van der Waals surface area contributed by atoms with Gasteiger partial charge in [0.15, 0.2) is 0 Å². The van der Waals surface area contributed by atoms with Gasteiger partial charge in [-0.2, -0.15) is 4.99 Å². The van der Waals surface area contributed by atoms with E-state index >= 15 is 0 Å². The number of hydrogen-bond donors (Lipinski definition) is 0. The van der Waals surface area contributed by atoms with Crippen LogP contribution >= 0.6 is 0 Å². The Bertz CT molecular complexity index is 564. The van der Waals surface area contributed by atoms with Crippen molar-refractivity contribution >= 4 is 6.08 Å². The average molecular weight is 271 g/mol. The Labute approximate surface area is 120 Å². The summed E-state index contributed by atoms with van der Waals surface area (Å²) >= 11 is 0. The number of aryl methyl sites for hydroxylation is 1. The largest absolute Gasteiger partial charge is 0.488 e. The third kappa shape index (κ3) is 2.27. The first kappa shape index (κ1) is 13.4. The lowest BCUT2D eigenvalue weighted by molar-refractivity contribution is 0.0844. The van der Waals surface area contributed by atoms with E-state index in [0.29, 0.717) is 0 Å². The van der Waals surface area contributed by atoms with E-state index in [9.17, 15) is 4.79 Å². The number of fused-ring (bicyclic) bond motifs is 1. The van der Waals surface area contributed by atoms with E-state index in [4.69, 9.17) is 4.74 Å². The van der Waals surface area contributed by atoms with Gasteiger partial charge in [0, 0.05) is 0 Å². The zero-order valence-corrected chi connectivity index (χ0v) is 12.2. The summed E-state index contributed by atoms with van der Waals surface area (Å²) in [6.45, 7) is 4.25. The van der Waals surface area contributed by atoms with E-state index in [0.717, 1.165) is 49.8 Å². The van der Waals surface area contributed by atoms with E-state index in [1.54, 1.807) is 6.08 Å². The van der Waals surface area contributed by atoms with Crippen LogP contribution in [0.25, 0.3) is 0 Å². The quantitative estimate of drug-likeness (QED) is 0.604. The Morgan fingerprint density at radius 2 is 1.95 bits per heavy atom. The fraction of sp³-hybridized carbons (Fsp3) is 0.588. The second kappa shape index (κ2) is 4.75. The molecular formula is C17H21NO2. The van der Waals surface area contributed by atoms with Crippen molar-refractivity contribution in [2.45, 2.75) is 63.5 Å². The van der Waals surface area contributed by atoms with E-state index in [2.05, 4.69) is 37.0 Å². The smallest absolute Gasteiger partial charge is 0.235 e. The normalized spacial score (nSPS) is 22.5. The van der Waals surface area contributed by atoms with Crippen molar-refractivity contribution in [1.29, 1.82) is 0 Å². The van der Waals surface area contributed by atoms with Gasteiger partial charge in [0.25, 0.3) is 0 Å². The molecule has 0 atom stereocenters. The third-order valence-corrected chi connectivity index (χ3v) is 4.68. The molecule has 2 aliphatic rings. The van der Waals surface area contributed by atoms with Gasteiger partial charge in [0.1, 0.15) is 11.4 Å². The number of ether oxygens (including phenoxy) is 1. The van der Waals surface area contributed by atoms with E-state index < -0.39 is 0 Å². The second-order valence-corrected chi connectivity index (χ2v) is 6.63. The van der Waals surface area contributed by atoms with Gasteiger partial charge >= 0.3 is 0 Å². The zero-order chi connectivity index (χ0) is 14.2. The molecule has 1 aromatic rings. The van der Waals surface area contributed by atoms with Crippen molar-refractivity contribution in [3.63, 3.8) is 0 Å². The van der Waals surface area contributed by atoms with Crippen LogP contribution in [0.3, 0.4) is 0 Å². The standard InChI is InChI=1S/C17H21NO2/c1-16(2)10-7-13-5-6-14(11-15(13)20-16)17(18-12-19)8-3-4-9-17/h5-6,11H,3-4,7-10H2,1-2H3. The summed E-state index contributed by atoms with van der Waals surface area (Å²) < 4.78 is 6.10. The summed E-state index contributed by atoms with van der Waals surface area (Å²) in [6.07, 6.45) is 7.98. The first-order chi connectivity index (χ1) is 9.55. The van der Waals surface area contributed by atoms with Gasteiger partial charge in [-0.15, -0.1) is 0 Å². The fourth-order valence-corrected chi connectivity index (χ4v) is 3.44. The molecule has 1 heterocycles. The summed E-state index contributed by atoms with van der Waals surface area (Å²) in [7, 11) is 0. The maximum Gasteiger partial charge on any atom is 0.235 e. The maximum atomic E-state index is 10.8. The molecule has 0 unspecified atom stereocenters.